The van der Waals surface area contributed by atoms with Crippen LogP contribution < -0.4 is 14.9 Å². The molecule has 0 amide bonds. The predicted octanol–water partition coefficient (Wildman–Crippen LogP) is 4.41. The number of nitrogens with zero attached hydrogens (tertiary/aromatic N) is 3. The second-order valence-electron chi connectivity index (χ2n) is 8.81. The number of nitro groups is 1. The molecule has 11 heteroatoms. The van der Waals surface area contributed by atoms with E-state index in [-0.39, 0.29) is 17.9 Å². The van der Waals surface area contributed by atoms with Crippen LogP contribution in [0.3, 0.4) is 0 Å². The first-order valence-electron chi connectivity index (χ1n) is 12.0. The molecule has 0 spiro atoms. The first-order chi connectivity index (χ1) is 18.7. The number of esters is 1. The number of allylic oxidation sites excluding steroid dienone is 1. The average Bonchev–Trinajstić information content (AvgIpc) is 3.48. The van der Waals surface area contributed by atoms with Gasteiger partial charge in [-0.1, -0.05) is 35.6 Å². The summed E-state index contributed by atoms with van der Waals surface area (Å²) < 4.78 is 26.5. The van der Waals surface area contributed by atoms with Gasteiger partial charge in [-0.2, -0.15) is 0 Å². The predicted molar refractivity (Wildman–Crippen MR) is 142 cm³/mol. The summed E-state index contributed by atoms with van der Waals surface area (Å²) in [6, 6.07) is 12.9. The fourth-order valence-electron chi connectivity index (χ4n) is 4.43. The molecule has 1 aliphatic heterocycles. The van der Waals surface area contributed by atoms with Gasteiger partial charge in [0, 0.05) is 23.3 Å². The summed E-state index contributed by atoms with van der Waals surface area (Å²) in [7, 11) is 0. The lowest BCUT2D eigenvalue weighted by Gasteiger charge is -2.24. The number of aromatic nitrogens is 1. The quantitative estimate of drug-likeness (QED) is 0.201. The van der Waals surface area contributed by atoms with Crippen LogP contribution in [0.2, 0.25) is 0 Å². The molecule has 2 aromatic heterocycles. The van der Waals surface area contributed by atoms with E-state index in [0.717, 1.165) is 11.3 Å². The lowest BCUT2D eigenvalue weighted by atomic mass is 9.96. The number of ether oxygens (including phenoxy) is 1. The van der Waals surface area contributed by atoms with Crippen LogP contribution in [-0.4, -0.2) is 22.1 Å². The van der Waals surface area contributed by atoms with Gasteiger partial charge in [0.2, 0.25) is 0 Å². The molecule has 198 valence electrons. The number of halogens is 1. The largest absolute Gasteiger partial charge is 0.463 e. The molecule has 0 saturated carbocycles. The van der Waals surface area contributed by atoms with Crippen LogP contribution in [0.5, 0.6) is 0 Å². The van der Waals surface area contributed by atoms with Crippen LogP contribution >= 0.6 is 11.3 Å². The fourth-order valence-corrected chi connectivity index (χ4v) is 5.45. The molecule has 0 bridgehead atoms. The van der Waals surface area contributed by atoms with Gasteiger partial charge in [0.1, 0.15) is 17.3 Å². The highest BCUT2D eigenvalue weighted by atomic mass is 32.1. The molecular weight excluding hydrogens is 525 g/mol. The van der Waals surface area contributed by atoms with Crippen molar-refractivity contribution in [2.45, 2.75) is 26.8 Å². The van der Waals surface area contributed by atoms with Crippen molar-refractivity contribution in [2.24, 2.45) is 4.99 Å². The second-order valence-corrected chi connectivity index (χ2v) is 9.82. The molecule has 39 heavy (non-hydrogen) atoms. The van der Waals surface area contributed by atoms with Crippen molar-refractivity contribution >= 4 is 29.1 Å². The van der Waals surface area contributed by atoms with E-state index in [1.807, 2.05) is 0 Å². The third-order valence-corrected chi connectivity index (χ3v) is 7.28. The van der Waals surface area contributed by atoms with Crippen molar-refractivity contribution in [3.05, 3.63) is 118 Å². The highest BCUT2D eigenvalue weighted by molar-refractivity contribution is 7.07. The van der Waals surface area contributed by atoms with Crippen LogP contribution in [-0.2, 0) is 9.53 Å². The van der Waals surface area contributed by atoms with Gasteiger partial charge in [0.15, 0.2) is 4.80 Å². The summed E-state index contributed by atoms with van der Waals surface area (Å²) in [6.45, 7) is 5.15. The summed E-state index contributed by atoms with van der Waals surface area (Å²) in [5, 5.41) is 11.3. The van der Waals surface area contributed by atoms with Crippen molar-refractivity contribution < 1.29 is 23.3 Å². The lowest BCUT2D eigenvalue weighted by Crippen LogP contribution is -2.39. The first kappa shape index (κ1) is 26.0. The van der Waals surface area contributed by atoms with E-state index < -0.39 is 28.3 Å². The Morgan fingerprint density at radius 1 is 1.21 bits per heavy atom. The normalized spacial score (nSPS) is 15.2. The number of carbonyl (C=O) groups excluding carboxylic acids is 1. The molecule has 5 rings (SSSR count). The Labute approximate surface area is 225 Å². The van der Waals surface area contributed by atoms with E-state index in [9.17, 15) is 24.1 Å². The lowest BCUT2D eigenvalue weighted by molar-refractivity contribution is -0.385. The molecule has 0 radical (unpaired) electrons. The maximum absolute atomic E-state index is 13.7. The number of nitro benzene ring substituents is 1. The molecule has 1 unspecified atom stereocenters. The molecule has 0 fully saturated rings. The fraction of sp³-hybridized carbons (Fsp3) is 0.179. The Balaban J connectivity index is 1.61. The highest BCUT2D eigenvalue weighted by Gasteiger charge is 2.33. The average molecular weight is 548 g/mol. The standard InChI is InChI=1S/C28H22FN3O6S/c1-4-37-27(34)24-16(3)30-28-31(25(24)17-7-9-19(29)10-8-17)26(33)23(39-28)14-20-11-12-22(38-20)18-6-5-15(2)21(13-18)32(35)36/h5-14,25H,4H2,1-3H3/b23-14-. The number of hydrogen-bond donors (Lipinski definition) is 0. The van der Waals surface area contributed by atoms with Crippen molar-refractivity contribution in [1.29, 1.82) is 0 Å². The SMILES string of the molecule is CCOC(=O)C1=C(C)N=c2s/c(=C\c3ccc(-c4ccc(C)c([N+](=O)[O-])c4)o3)c(=O)n2C1c1ccc(F)cc1. The topological polar surface area (TPSA) is 117 Å². The maximum atomic E-state index is 13.7. The number of rotatable bonds is 6. The minimum Gasteiger partial charge on any atom is -0.463 e. The van der Waals surface area contributed by atoms with Gasteiger partial charge in [-0.05, 0) is 50.6 Å². The van der Waals surface area contributed by atoms with E-state index in [0.29, 0.717) is 43.2 Å². The molecule has 1 aliphatic rings. The van der Waals surface area contributed by atoms with Gasteiger partial charge < -0.3 is 9.15 Å². The molecule has 3 heterocycles. The van der Waals surface area contributed by atoms with Crippen LogP contribution in [0.15, 0.2) is 80.1 Å². The summed E-state index contributed by atoms with van der Waals surface area (Å²) in [6.07, 6.45) is 1.56. The number of hydrogen-bond acceptors (Lipinski definition) is 8. The minimum atomic E-state index is -0.858. The Morgan fingerprint density at radius 3 is 2.64 bits per heavy atom. The van der Waals surface area contributed by atoms with Gasteiger partial charge in [-0.3, -0.25) is 19.5 Å². The molecule has 1 atom stereocenters. The van der Waals surface area contributed by atoms with E-state index >= 15 is 0 Å². The minimum absolute atomic E-state index is 0.0210. The van der Waals surface area contributed by atoms with Gasteiger partial charge in [-0.25, -0.2) is 14.2 Å². The van der Waals surface area contributed by atoms with Crippen molar-refractivity contribution in [3.8, 4) is 11.3 Å². The molecule has 0 N–H and O–H groups in total. The van der Waals surface area contributed by atoms with Gasteiger partial charge in [-0.15, -0.1) is 0 Å². The summed E-state index contributed by atoms with van der Waals surface area (Å²) in [4.78, 5) is 42.3. The van der Waals surface area contributed by atoms with E-state index in [1.54, 1.807) is 51.1 Å². The third-order valence-electron chi connectivity index (χ3n) is 6.29. The second kappa shape index (κ2) is 10.3. The molecule has 9 nitrogen and oxygen atoms in total. The molecule has 0 aliphatic carbocycles. The van der Waals surface area contributed by atoms with Gasteiger partial charge in [0.25, 0.3) is 11.2 Å². The van der Waals surface area contributed by atoms with Crippen LogP contribution in [0.1, 0.15) is 36.8 Å². The summed E-state index contributed by atoms with van der Waals surface area (Å²) in [5.74, 6) is -0.290. The van der Waals surface area contributed by atoms with Crippen molar-refractivity contribution in [3.63, 3.8) is 0 Å². The Bertz CT molecular complexity index is 1830. The maximum Gasteiger partial charge on any atom is 0.338 e. The first-order valence-corrected chi connectivity index (χ1v) is 12.8. The zero-order valence-corrected chi connectivity index (χ0v) is 22.0. The van der Waals surface area contributed by atoms with Crippen molar-refractivity contribution in [2.75, 3.05) is 6.61 Å². The number of aryl methyl sites for hydroxylation is 1. The molecule has 0 saturated heterocycles. The highest BCUT2D eigenvalue weighted by Crippen LogP contribution is 2.31. The van der Waals surface area contributed by atoms with E-state index in [2.05, 4.69) is 4.99 Å². The smallest absolute Gasteiger partial charge is 0.338 e. The summed E-state index contributed by atoms with van der Waals surface area (Å²) >= 11 is 1.12. The molecular formula is C28H22FN3O6S. The van der Waals surface area contributed by atoms with Crippen LogP contribution in [0.25, 0.3) is 17.4 Å². The zero-order valence-electron chi connectivity index (χ0n) is 21.1. The van der Waals surface area contributed by atoms with Gasteiger partial charge >= 0.3 is 5.97 Å². The number of thiazole rings is 1. The number of benzene rings is 2. The Hall–Kier alpha value is -4.64. The Morgan fingerprint density at radius 2 is 1.95 bits per heavy atom. The zero-order chi connectivity index (χ0) is 27.8. The number of furan rings is 1. The summed E-state index contributed by atoms with van der Waals surface area (Å²) in [5.41, 5.74) is 1.76. The van der Waals surface area contributed by atoms with Crippen LogP contribution in [0.4, 0.5) is 10.1 Å². The monoisotopic (exact) mass is 547 g/mol. The third kappa shape index (κ3) is 4.84. The van der Waals surface area contributed by atoms with Crippen molar-refractivity contribution in [1.82, 2.24) is 4.57 Å². The molecule has 4 aromatic rings. The van der Waals surface area contributed by atoms with E-state index in [4.69, 9.17) is 9.15 Å². The number of carbonyl (C=O) groups is 1. The van der Waals surface area contributed by atoms with E-state index in [1.165, 1.54) is 34.9 Å². The van der Waals surface area contributed by atoms with Crippen LogP contribution in [0, 0.1) is 22.9 Å². The van der Waals surface area contributed by atoms with Gasteiger partial charge in [0.05, 0.1) is 33.4 Å². The Kier molecular flexibility index (Phi) is 6.83. The number of fused-ring (bicyclic) bond motifs is 1. The molecule has 2 aromatic carbocycles.